The van der Waals surface area contributed by atoms with Crippen molar-refractivity contribution in [2.24, 2.45) is 0 Å². The van der Waals surface area contributed by atoms with Crippen molar-refractivity contribution in [3.8, 4) is 55.9 Å². The summed E-state index contributed by atoms with van der Waals surface area (Å²) < 4.78 is 12.5. The van der Waals surface area contributed by atoms with Gasteiger partial charge in [-0.1, -0.05) is 127 Å². The first-order valence-corrected chi connectivity index (χ1v) is 21.0. The lowest BCUT2D eigenvalue weighted by molar-refractivity contribution is 0.668. The monoisotopic (exact) mass is 795 g/mol. The summed E-state index contributed by atoms with van der Waals surface area (Å²) in [5.74, 6) is 0.998. The Morgan fingerprint density at radius 3 is 1.60 bits per heavy atom. The molecule has 62 heavy (non-hydrogen) atoms. The molecule has 11 aromatic rings. The third-order valence-electron chi connectivity index (χ3n) is 12.1. The van der Waals surface area contributed by atoms with Crippen LogP contribution in [0.4, 0.5) is 0 Å². The average molecular weight is 796 g/mol. The standard InChI is InChI=1S/C57H37N3O2/c1-2-9-36(10-3-1)37-18-22-40(23-19-37)57-59-51(39-20-16-38(17-21-39)43-11-8-28-58-35-43)34-52(60-57)46-30-44(41-24-26-55-49(32-41)47-12-4-6-14-53(47)61-55)29-45(31-46)42-25-27-56-50(33-42)48-13-5-7-15-54(48)62-56/h1-18,20-35,37H,19H2. The molecular formula is C57H37N3O2. The van der Waals surface area contributed by atoms with Gasteiger partial charge >= 0.3 is 0 Å². The van der Waals surface area contributed by atoms with Crippen molar-refractivity contribution in [1.29, 1.82) is 0 Å². The molecule has 1 aliphatic carbocycles. The molecule has 0 amide bonds. The zero-order valence-electron chi connectivity index (χ0n) is 33.6. The van der Waals surface area contributed by atoms with E-state index in [1.54, 1.807) is 6.20 Å². The average Bonchev–Trinajstić information content (AvgIpc) is 3.92. The lowest BCUT2D eigenvalue weighted by Crippen LogP contribution is -2.03. The largest absolute Gasteiger partial charge is 0.456 e. The number of aromatic nitrogens is 3. The highest BCUT2D eigenvalue weighted by molar-refractivity contribution is 6.07. The lowest BCUT2D eigenvalue weighted by Gasteiger charge is -2.17. The van der Waals surface area contributed by atoms with Gasteiger partial charge in [-0.15, -0.1) is 0 Å². The Kier molecular flexibility index (Phi) is 8.56. The summed E-state index contributed by atoms with van der Waals surface area (Å²) in [7, 11) is 0. The van der Waals surface area contributed by atoms with Crippen LogP contribution in [0.15, 0.2) is 215 Å². The molecule has 1 aliphatic rings. The van der Waals surface area contributed by atoms with Crippen LogP contribution in [0.5, 0.6) is 0 Å². The minimum Gasteiger partial charge on any atom is -0.456 e. The van der Waals surface area contributed by atoms with Crippen LogP contribution in [0.2, 0.25) is 0 Å². The van der Waals surface area contributed by atoms with E-state index >= 15 is 0 Å². The van der Waals surface area contributed by atoms with Gasteiger partial charge in [0.05, 0.1) is 11.4 Å². The van der Waals surface area contributed by atoms with Gasteiger partial charge in [-0.3, -0.25) is 4.98 Å². The normalized spacial score (nSPS) is 13.9. The van der Waals surface area contributed by atoms with Crippen LogP contribution in [0.3, 0.4) is 0 Å². The number of furan rings is 2. The second kappa shape index (κ2) is 14.8. The predicted molar refractivity (Wildman–Crippen MR) is 252 cm³/mol. The van der Waals surface area contributed by atoms with Crippen LogP contribution >= 0.6 is 0 Å². The van der Waals surface area contributed by atoms with E-state index in [1.807, 2.05) is 36.5 Å². The van der Waals surface area contributed by atoms with Crippen molar-refractivity contribution >= 4 is 49.5 Å². The Morgan fingerprint density at radius 2 is 0.984 bits per heavy atom. The van der Waals surface area contributed by atoms with Gasteiger partial charge in [-0.2, -0.15) is 0 Å². The summed E-state index contributed by atoms with van der Waals surface area (Å²) in [6.45, 7) is 0. The van der Waals surface area contributed by atoms with E-state index in [0.717, 1.165) is 112 Å². The molecule has 0 fully saturated rings. The van der Waals surface area contributed by atoms with E-state index in [9.17, 15) is 0 Å². The topological polar surface area (TPSA) is 65.0 Å². The Hall–Kier alpha value is -8.15. The number of benzene rings is 7. The summed E-state index contributed by atoms with van der Waals surface area (Å²) >= 11 is 0. The second-order valence-electron chi connectivity index (χ2n) is 16.0. The third-order valence-corrected chi connectivity index (χ3v) is 12.1. The van der Waals surface area contributed by atoms with E-state index in [4.69, 9.17) is 18.8 Å². The molecule has 0 saturated carbocycles. The maximum Gasteiger partial charge on any atom is 0.160 e. The molecule has 0 saturated heterocycles. The molecule has 4 aromatic heterocycles. The Balaban J connectivity index is 1.03. The first-order valence-electron chi connectivity index (χ1n) is 21.0. The number of pyridine rings is 1. The molecule has 1 atom stereocenters. The maximum atomic E-state index is 6.25. The maximum absolute atomic E-state index is 6.25. The van der Waals surface area contributed by atoms with Crippen molar-refractivity contribution < 1.29 is 8.83 Å². The van der Waals surface area contributed by atoms with Crippen molar-refractivity contribution in [2.45, 2.75) is 12.3 Å². The summed E-state index contributed by atoms with van der Waals surface area (Å²) in [6.07, 6.45) is 11.3. The van der Waals surface area contributed by atoms with Crippen molar-refractivity contribution in [3.63, 3.8) is 0 Å². The fourth-order valence-corrected chi connectivity index (χ4v) is 8.89. The molecule has 0 bridgehead atoms. The van der Waals surface area contributed by atoms with Crippen LogP contribution in [-0.4, -0.2) is 15.0 Å². The van der Waals surface area contributed by atoms with E-state index in [0.29, 0.717) is 11.7 Å². The van der Waals surface area contributed by atoms with E-state index in [-0.39, 0.29) is 0 Å². The molecular weight excluding hydrogens is 759 g/mol. The van der Waals surface area contributed by atoms with Gasteiger partial charge in [0.15, 0.2) is 5.82 Å². The van der Waals surface area contributed by atoms with E-state index in [2.05, 4.69) is 169 Å². The molecule has 7 aromatic carbocycles. The first kappa shape index (κ1) is 35.8. The molecule has 0 spiro atoms. The van der Waals surface area contributed by atoms with E-state index in [1.165, 1.54) is 5.56 Å². The summed E-state index contributed by atoms with van der Waals surface area (Å²) in [5.41, 5.74) is 16.0. The quantitative estimate of drug-likeness (QED) is 0.161. The first-order chi connectivity index (χ1) is 30.7. The summed E-state index contributed by atoms with van der Waals surface area (Å²) in [6, 6.07) is 61.7. The van der Waals surface area contributed by atoms with Gasteiger partial charge in [0, 0.05) is 56.6 Å². The van der Waals surface area contributed by atoms with Crippen LogP contribution in [0.1, 0.15) is 23.7 Å². The molecule has 0 aliphatic heterocycles. The SMILES string of the molecule is C1=CC(c2ccccc2)CC=C1c1nc(-c2ccc(-c3cccnc3)cc2)cc(-c2cc(-c3ccc4oc5ccccc5c4c3)cc(-c3ccc4oc5ccccc5c4c3)c2)n1. The molecule has 5 nitrogen and oxygen atoms in total. The molecule has 4 heterocycles. The number of hydrogen-bond donors (Lipinski definition) is 0. The number of rotatable bonds is 7. The number of para-hydroxylation sites is 2. The van der Waals surface area contributed by atoms with Crippen molar-refractivity contribution in [3.05, 3.63) is 218 Å². The van der Waals surface area contributed by atoms with Gasteiger partial charge in [0.25, 0.3) is 0 Å². The van der Waals surface area contributed by atoms with Gasteiger partial charge in [-0.05, 0) is 112 Å². The van der Waals surface area contributed by atoms with Crippen molar-refractivity contribution in [2.75, 3.05) is 0 Å². The highest BCUT2D eigenvalue weighted by atomic mass is 16.3. The molecule has 0 radical (unpaired) electrons. The Bertz CT molecular complexity index is 3410. The zero-order valence-corrected chi connectivity index (χ0v) is 33.6. The van der Waals surface area contributed by atoms with E-state index < -0.39 is 0 Å². The fourth-order valence-electron chi connectivity index (χ4n) is 8.89. The Morgan fingerprint density at radius 1 is 0.419 bits per heavy atom. The van der Waals surface area contributed by atoms with Crippen LogP contribution in [-0.2, 0) is 0 Å². The summed E-state index contributed by atoms with van der Waals surface area (Å²) in [5, 5.41) is 4.37. The van der Waals surface area contributed by atoms with Crippen LogP contribution < -0.4 is 0 Å². The van der Waals surface area contributed by atoms with Crippen molar-refractivity contribution in [1.82, 2.24) is 15.0 Å². The van der Waals surface area contributed by atoms with Gasteiger partial charge in [-0.25, -0.2) is 9.97 Å². The smallest absolute Gasteiger partial charge is 0.160 e. The number of nitrogens with zero attached hydrogens (tertiary/aromatic N) is 3. The molecule has 12 rings (SSSR count). The number of allylic oxidation sites excluding steroid dienone is 4. The predicted octanol–water partition coefficient (Wildman–Crippen LogP) is 15.1. The molecule has 292 valence electrons. The van der Waals surface area contributed by atoms with Gasteiger partial charge < -0.3 is 8.83 Å². The second-order valence-corrected chi connectivity index (χ2v) is 16.0. The van der Waals surface area contributed by atoms with Gasteiger partial charge in [0.1, 0.15) is 22.3 Å². The highest BCUT2D eigenvalue weighted by Gasteiger charge is 2.19. The summed E-state index contributed by atoms with van der Waals surface area (Å²) in [4.78, 5) is 15.0. The minimum absolute atomic E-state index is 0.302. The molecule has 5 heteroatoms. The lowest BCUT2D eigenvalue weighted by atomic mass is 9.90. The van der Waals surface area contributed by atoms with Gasteiger partial charge in [0.2, 0.25) is 0 Å². The molecule has 1 unspecified atom stereocenters. The van der Waals surface area contributed by atoms with Crippen LogP contribution in [0.25, 0.3) is 105 Å². The number of fused-ring (bicyclic) bond motifs is 6. The number of hydrogen-bond acceptors (Lipinski definition) is 5. The highest BCUT2D eigenvalue weighted by Crippen LogP contribution is 2.40. The molecule has 0 N–H and O–H groups in total. The third kappa shape index (κ3) is 6.48. The fraction of sp³-hybridized carbons (Fsp3) is 0.0351. The van der Waals surface area contributed by atoms with Crippen LogP contribution in [0, 0.1) is 0 Å². The Labute approximate surface area is 358 Å². The minimum atomic E-state index is 0.302. The zero-order chi connectivity index (χ0) is 41.0.